The van der Waals surface area contributed by atoms with Crippen LogP contribution in [0.2, 0.25) is 0 Å². The van der Waals surface area contributed by atoms with Gasteiger partial charge in [0.25, 0.3) is 0 Å². The van der Waals surface area contributed by atoms with Gasteiger partial charge in [0, 0.05) is 0 Å². The lowest BCUT2D eigenvalue weighted by Gasteiger charge is -2.10. The molecular weight excluding hydrogens is 294 g/mol. The Morgan fingerprint density at radius 3 is 2.62 bits per heavy atom. The highest BCUT2D eigenvalue weighted by Gasteiger charge is 2.34. The summed E-state index contributed by atoms with van der Waals surface area (Å²) in [5.74, 6) is -2.53. The molecule has 2 aromatic rings. The van der Waals surface area contributed by atoms with Gasteiger partial charge < -0.3 is 5.11 Å². The molecule has 0 aliphatic heterocycles. The molecule has 0 aliphatic carbocycles. The second-order valence-electron chi connectivity index (χ2n) is 4.27. The van der Waals surface area contributed by atoms with Crippen LogP contribution >= 0.6 is 0 Å². The molecule has 9 heteroatoms. The molecule has 0 saturated carbocycles. The summed E-state index contributed by atoms with van der Waals surface area (Å²) in [6.45, 7) is 1.47. The van der Waals surface area contributed by atoms with Crippen LogP contribution < -0.4 is 0 Å². The van der Waals surface area contributed by atoms with E-state index in [-0.39, 0.29) is 17.1 Å². The third-order valence-corrected chi connectivity index (χ3v) is 2.81. The van der Waals surface area contributed by atoms with Crippen LogP contribution in [0.3, 0.4) is 0 Å². The molecule has 2 rings (SSSR count). The van der Waals surface area contributed by atoms with E-state index in [0.717, 1.165) is 10.7 Å². The maximum atomic E-state index is 13.2. The highest BCUT2D eigenvalue weighted by atomic mass is 19.4. The number of carboxylic acids is 1. The molecule has 5 nitrogen and oxygen atoms in total. The molecule has 0 amide bonds. The fourth-order valence-electron chi connectivity index (χ4n) is 1.77. The number of rotatable bonds is 3. The lowest BCUT2D eigenvalue weighted by molar-refractivity contribution is -0.140. The van der Waals surface area contributed by atoms with Gasteiger partial charge in [-0.3, -0.25) is 4.79 Å². The second-order valence-corrected chi connectivity index (χ2v) is 4.27. The van der Waals surface area contributed by atoms with Crippen LogP contribution in [0.15, 0.2) is 18.2 Å². The lowest BCUT2D eigenvalue weighted by atomic mass is 10.1. The summed E-state index contributed by atoms with van der Waals surface area (Å²) in [6.07, 6.45) is -5.24. The van der Waals surface area contributed by atoms with Crippen LogP contribution in [0.5, 0.6) is 0 Å². The fraction of sp³-hybridized carbons (Fsp3) is 0.250. The van der Waals surface area contributed by atoms with Crippen LogP contribution in [0.25, 0.3) is 5.69 Å². The molecule has 0 atom stereocenters. The Labute approximate surface area is 115 Å². The highest BCUT2D eigenvalue weighted by Crippen LogP contribution is 2.32. The van der Waals surface area contributed by atoms with Crippen LogP contribution in [-0.4, -0.2) is 26.1 Å². The van der Waals surface area contributed by atoms with Gasteiger partial charge in [0.1, 0.15) is 5.82 Å². The van der Waals surface area contributed by atoms with Gasteiger partial charge in [0.15, 0.2) is 0 Å². The Hall–Kier alpha value is -2.45. The minimum Gasteiger partial charge on any atom is -0.481 e. The van der Waals surface area contributed by atoms with Crippen molar-refractivity contribution in [3.05, 3.63) is 41.0 Å². The summed E-state index contributed by atoms with van der Waals surface area (Å²) >= 11 is 0. The van der Waals surface area contributed by atoms with Crippen molar-refractivity contribution < 1.29 is 27.5 Å². The Balaban J connectivity index is 2.48. The van der Waals surface area contributed by atoms with Gasteiger partial charge in [-0.25, -0.2) is 9.07 Å². The van der Waals surface area contributed by atoms with Crippen LogP contribution in [0.4, 0.5) is 17.6 Å². The molecule has 0 radical (unpaired) electrons. The Kier molecular flexibility index (Phi) is 3.67. The first-order valence-electron chi connectivity index (χ1n) is 5.70. The Morgan fingerprint density at radius 1 is 1.38 bits per heavy atom. The molecule has 21 heavy (non-hydrogen) atoms. The molecule has 0 spiro atoms. The molecular formula is C12H9F4N3O2. The number of hydrogen-bond donors (Lipinski definition) is 1. The van der Waals surface area contributed by atoms with Crippen LogP contribution in [0, 0.1) is 12.7 Å². The molecule has 0 fully saturated rings. The minimum absolute atomic E-state index is 0.0506. The number of nitrogens with zero attached hydrogens (tertiary/aromatic N) is 3. The van der Waals surface area contributed by atoms with Crippen molar-refractivity contribution in [1.29, 1.82) is 0 Å². The van der Waals surface area contributed by atoms with E-state index in [1.165, 1.54) is 6.92 Å². The van der Waals surface area contributed by atoms with E-state index in [1.54, 1.807) is 0 Å². The predicted octanol–water partition coefficient (Wildman–Crippen LogP) is 2.36. The quantitative estimate of drug-likeness (QED) is 0.884. The van der Waals surface area contributed by atoms with E-state index in [4.69, 9.17) is 5.11 Å². The largest absolute Gasteiger partial charge is 0.481 e. The third kappa shape index (κ3) is 3.01. The van der Waals surface area contributed by atoms with Crippen LogP contribution in [-0.2, 0) is 17.4 Å². The van der Waals surface area contributed by atoms with Crippen molar-refractivity contribution in [3.63, 3.8) is 0 Å². The predicted molar refractivity (Wildman–Crippen MR) is 62.4 cm³/mol. The summed E-state index contributed by atoms with van der Waals surface area (Å²) in [5, 5.41) is 15.9. The van der Waals surface area contributed by atoms with E-state index in [2.05, 4.69) is 10.3 Å². The third-order valence-electron chi connectivity index (χ3n) is 2.81. The number of aliphatic carboxylic acids is 1. The summed E-state index contributed by atoms with van der Waals surface area (Å²) in [5.41, 5.74) is -1.07. The zero-order valence-electron chi connectivity index (χ0n) is 10.6. The van der Waals surface area contributed by atoms with E-state index in [9.17, 15) is 22.4 Å². The van der Waals surface area contributed by atoms with Crippen molar-refractivity contribution in [2.75, 3.05) is 0 Å². The summed E-state index contributed by atoms with van der Waals surface area (Å²) in [6, 6.07) is 2.38. The van der Waals surface area contributed by atoms with Crippen molar-refractivity contribution >= 4 is 5.97 Å². The fourth-order valence-corrected chi connectivity index (χ4v) is 1.77. The number of carboxylic acid groups (broad SMARTS) is 1. The molecule has 0 saturated heterocycles. The standard InChI is InChI=1S/C12H9F4N3O2/c1-6-10(5-11(20)21)17-18-19(6)7-2-3-9(13)8(4-7)12(14,15)16/h2-4H,5H2,1H3,(H,20,21). The van der Waals surface area contributed by atoms with Gasteiger partial charge in [-0.2, -0.15) is 13.2 Å². The van der Waals surface area contributed by atoms with Gasteiger partial charge in [0.2, 0.25) is 0 Å². The SMILES string of the molecule is Cc1c(CC(=O)O)nnn1-c1ccc(F)c(C(F)(F)F)c1. The van der Waals surface area contributed by atoms with Gasteiger partial charge in [0.05, 0.1) is 29.1 Å². The topological polar surface area (TPSA) is 68.0 Å². The summed E-state index contributed by atoms with van der Waals surface area (Å²) in [4.78, 5) is 10.6. The molecule has 112 valence electrons. The zero-order valence-corrected chi connectivity index (χ0v) is 10.6. The molecule has 1 N–H and O–H groups in total. The number of benzene rings is 1. The summed E-state index contributed by atoms with van der Waals surface area (Å²) in [7, 11) is 0. The van der Waals surface area contributed by atoms with E-state index in [1.807, 2.05) is 0 Å². The van der Waals surface area contributed by atoms with Gasteiger partial charge in [-0.15, -0.1) is 5.10 Å². The van der Waals surface area contributed by atoms with Crippen molar-refractivity contribution in [1.82, 2.24) is 15.0 Å². The van der Waals surface area contributed by atoms with Crippen molar-refractivity contribution in [3.8, 4) is 5.69 Å². The Morgan fingerprint density at radius 2 is 2.05 bits per heavy atom. The van der Waals surface area contributed by atoms with Crippen molar-refractivity contribution in [2.45, 2.75) is 19.5 Å². The first-order chi connectivity index (χ1) is 9.70. The minimum atomic E-state index is -4.83. The molecule has 0 unspecified atom stereocenters. The average Bonchev–Trinajstić information content (AvgIpc) is 2.70. The Bertz CT molecular complexity index is 694. The lowest BCUT2D eigenvalue weighted by Crippen LogP contribution is -2.10. The molecule has 1 aromatic heterocycles. The maximum Gasteiger partial charge on any atom is 0.419 e. The van der Waals surface area contributed by atoms with E-state index < -0.39 is 29.9 Å². The van der Waals surface area contributed by atoms with Crippen molar-refractivity contribution in [2.24, 2.45) is 0 Å². The second kappa shape index (κ2) is 5.15. The van der Waals surface area contributed by atoms with Crippen LogP contribution in [0.1, 0.15) is 17.0 Å². The number of alkyl halides is 3. The van der Waals surface area contributed by atoms with Gasteiger partial charge in [-0.05, 0) is 25.1 Å². The summed E-state index contributed by atoms with van der Waals surface area (Å²) < 4.78 is 52.2. The molecule has 1 heterocycles. The number of hydrogen-bond acceptors (Lipinski definition) is 3. The van der Waals surface area contributed by atoms with Gasteiger partial charge >= 0.3 is 12.1 Å². The monoisotopic (exact) mass is 303 g/mol. The number of aromatic nitrogens is 3. The smallest absolute Gasteiger partial charge is 0.419 e. The normalized spacial score (nSPS) is 11.7. The first kappa shape index (κ1) is 14.9. The molecule has 0 bridgehead atoms. The molecule has 1 aromatic carbocycles. The molecule has 0 aliphatic rings. The van der Waals surface area contributed by atoms with Gasteiger partial charge in [-0.1, -0.05) is 5.21 Å². The average molecular weight is 303 g/mol. The zero-order chi connectivity index (χ0) is 15.8. The maximum absolute atomic E-state index is 13.2. The van der Waals surface area contributed by atoms with E-state index in [0.29, 0.717) is 12.1 Å². The highest BCUT2D eigenvalue weighted by molar-refractivity contribution is 5.69. The first-order valence-corrected chi connectivity index (χ1v) is 5.70. The number of halogens is 4. The number of carbonyl (C=O) groups is 1. The van der Waals surface area contributed by atoms with E-state index >= 15 is 0 Å².